The monoisotopic (exact) mass is 250 g/mol. The predicted octanol–water partition coefficient (Wildman–Crippen LogP) is 5.01. The van der Waals surface area contributed by atoms with Crippen LogP contribution in [0.4, 0.5) is 0 Å². The highest BCUT2D eigenvalue weighted by Gasteiger charge is 2.36. The Labute approximate surface area is 109 Å². The van der Waals surface area contributed by atoms with Gasteiger partial charge in [-0.05, 0) is 40.6 Å². The first-order chi connectivity index (χ1) is 7.55. The summed E-state index contributed by atoms with van der Waals surface area (Å²) in [7, 11) is -0.175. The van der Waals surface area contributed by atoms with Crippen LogP contribution in [0.15, 0.2) is 18.2 Å². The third-order valence-corrected chi connectivity index (χ3v) is 6.81. The molecule has 0 radical (unpaired) electrons. The molecule has 0 spiro atoms. The van der Waals surface area contributed by atoms with Crippen LogP contribution < -0.4 is 5.30 Å². The minimum absolute atomic E-state index is 0.175. The molecule has 0 bridgehead atoms. The van der Waals surface area contributed by atoms with Gasteiger partial charge in [0.1, 0.15) is 0 Å². The van der Waals surface area contributed by atoms with Crippen molar-refractivity contribution in [1.29, 1.82) is 0 Å². The predicted molar refractivity (Wildman–Crippen MR) is 82.0 cm³/mol. The van der Waals surface area contributed by atoms with Crippen molar-refractivity contribution < 1.29 is 0 Å². The van der Waals surface area contributed by atoms with E-state index >= 15 is 0 Å². The summed E-state index contributed by atoms with van der Waals surface area (Å²) in [5.74, 6) is 0. The summed E-state index contributed by atoms with van der Waals surface area (Å²) in [6.45, 7) is 18.8. The van der Waals surface area contributed by atoms with Crippen LogP contribution in [0.3, 0.4) is 0 Å². The van der Waals surface area contributed by atoms with Crippen LogP contribution in [-0.4, -0.2) is 10.3 Å². The second-order valence-corrected chi connectivity index (χ2v) is 10.7. The smallest absolute Gasteiger partial charge is 0.0134 e. The van der Waals surface area contributed by atoms with E-state index in [1.807, 2.05) is 0 Å². The van der Waals surface area contributed by atoms with Gasteiger partial charge in [0, 0.05) is 0 Å². The number of hydrogen-bond acceptors (Lipinski definition) is 0. The lowest BCUT2D eigenvalue weighted by atomic mass is 10.1. The molecule has 0 aliphatic carbocycles. The molecule has 0 nitrogen and oxygen atoms in total. The zero-order valence-electron chi connectivity index (χ0n) is 12.7. The molecule has 0 saturated carbocycles. The van der Waals surface area contributed by atoms with Gasteiger partial charge in [-0.15, -0.1) is 0 Å². The molecule has 0 atom stereocenters. The van der Waals surface area contributed by atoms with E-state index < -0.39 is 0 Å². The number of rotatable bonds is 1. The lowest BCUT2D eigenvalue weighted by Gasteiger charge is -2.42. The Morgan fingerprint density at radius 3 is 1.71 bits per heavy atom. The van der Waals surface area contributed by atoms with E-state index in [4.69, 9.17) is 0 Å². The number of benzene rings is 1. The van der Waals surface area contributed by atoms with Crippen molar-refractivity contribution in [3.8, 4) is 0 Å². The minimum Gasteiger partial charge on any atom is -0.0640 e. The van der Waals surface area contributed by atoms with E-state index in [-0.39, 0.29) is 7.92 Å². The summed E-state index contributed by atoms with van der Waals surface area (Å²) in [6.07, 6.45) is 0. The summed E-state index contributed by atoms with van der Waals surface area (Å²) in [6, 6.07) is 6.77. The van der Waals surface area contributed by atoms with Crippen LogP contribution in [0.25, 0.3) is 0 Å². The molecule has 1 aromatic carbocycles. The lowest BCUT2D eigenvalue weighted by molar-refractivity contribution is 0.714. The highest BCUT2D eigenvalue weighted by molar-refractivity contribution is 7.68. The van der Waals surface area contributed by atoms with Crippen molar-refractivity contribution in [3.63, 3.8) is 0 Å². The summed E-state index contributed by atoms with van der Waals surface area (Å²) >= 11 is 0. The molecule has 1 aromatic rings. The first kappa shape index (κ1) is 14.7. The van der Waals surface area contributed by atoms with Crippen LogP contribution in [0.2, 0.25) is 0 Å². The van der Waals surface area contributed by atoms with Gasteiger partial charge in [-0.25, -0.2) is 0 Å². The maximum absolute atomic E-state index is 2.38. The Bertz CT molecular complexity index is 377. The van der Waals surface area contributed by atoms with Crippen LogP contribution in [0, 0.1) is 13.8 Å². The fourth-order valence-electron chi connectivity index (χ4n) is 2.71. The largest absolute Gasteiger partial charge is 0.0640 e. The normalized spacial score (nSPS) is 13.2. The number of aryl methyl sites for hydroxylation is 1. The van der Waals surface area contributed by atoms with E-state index in [2.05, 4.69) is 73.6 Å². The van der Waals surface area contributed by atoms with Crippen molar-refractivity contribution in [2.45, 2.75) is 65.7 Å². The molecule has 1 heteroatoms. The highest BCUT2D eigenvalue weighted by Crippen LogP contribution is 2.58. The molecular weight excluding hydrogens is 223 g/mol. The second-order valence-electron chi connectivity index (χ2n) is 6.90. The Hall–Kier alpha value is -0.350. The van der Waals surface area contributed by atoms with Crippen LogP contribution >= 0.6 is 7.92 Å². The fraction of sp³-hybridized carbons (Fsp3) is 0.625. The molecule has 0 saturated heterocycles. The van der Waals surface area contributed by atoms with Crippen molar-refractivity contribution in [3.05, 3.63) is 29.3 Å². The standard InChI is InChI=1S/C16H27P/c1-12-10-9-11-14(13(12)2)17(15(3,4)5)16(6,7)8/h9-11H,1-8H3. The Morgan fingerprint density at radius 1 is 0.824 bits per heavy atom. The Balaban J connectivity index is 3.39. The van der Waals surface area contributed by atoms with Gasteiger partial charge in [0.15, 0.2) is 0 Å². The van der Waals surface area contributed by atoms with Gasteiger partial charge in [-0.3, -0.25) is 0 Å². The molecule has 96 valence electrons. The fourth-order valence-corrected chi connectivity index (χ4v) is 6.91. The van der Waals surface area contributed by atoms with Gasteiger partial charge in [0.2, 0.25) is 0 Å². The van der Waals surface area contributed by atoms with Crippen molar-refractivity contribution in [2.24, 2.45) is 0 Å². The van der Waals surface area contributed by atoms with Crippen molar-refractivity contribution >= 4 is 13.2 Å². The summed E-state index contributed by atoms with van der Waals surface area (Å²) in [5, 5.41) is 2.29. The molecule has 0 aliphatic rings. The minimum atomic E-state index is -0.175. The SMILES string of the molecule is Cc1cccc(P(C(C)(C)C)C(C)(C)C)c1C. The second kappa shape index (κ2) is 4.73. The maximum Gasteiger partial charge on any atom is -0.0134 e. The summed E-state index contributed by atoms with van der Waals surface area (Å²) in [5.41, 5.74) is 2.91. The molecule has 0 unspecified atom stereocenters. The average Bonchev–Trinajstić information content (AvgIpc) is 2.08. The van der Waals surface area contributed by atoms with Crippen LogP contribution in [-0.2, 0) is 0 Å². The quantitative estimate of drug-likeness (QED) is 0.615. The first-order valence-electron chi connectivity index (χ1n) is 6.41. The lowest BCUT2D eigenvalue weighted by Crippen LogP contribution is -2.32. The average molecular weight is 250 g/mol. The van der Waals surface area contributed by atoms with E-state index in [1.54, 1.807) is 5.30 Å². The molecule has 0 aromatic heterocycles. The molecule has 0 N–H and O–H groups in total. The first-order valence-corrected chi connectivity index (χ1v) is 7.76. The molecule has 0 fully saturated rings. The van der Waals surface area contributed by atoms with E-state index in [1.165, 1.54) is 11.1 Å². The number of hydrogen-bond donors (Lipinski definition) is 0. The van der Waals surface area contributed by atoms with Gasteiger partial charge in [0.05, 0.1) is 0 Å². The molecular formula is C16H27P. The van der Waals surface area contributed by atoms with Crippen LogP contribution in [0.5, 0.6) is 0 Å². The molecule has 0 amide bonds. The topological polar surface area (TPSA) is 0 Å². The molecule has 0 aliphatic heterocycles. The third-order valence-electron chi connectivity index (χ3n) is 3.16. The van der Waals surface area contributed by atoms with E-state index in [9.17, 15) is 0 Å². The van der Waals surface area contributed by atoms with Gasteiger partial charge in [-0.1, -0.05) is 67.7 Å². The van der Waals surface area contributed by atoms with Gasteiger partial charge in [-0.2, -0.15) is 0 Å². The molecule has 17 heavy (non-hydrogen) atoms. The van der Waals surface area contributed by atoms with Crippen molar-refractivity contribution in [2.75, 3.05) is 0 Å². The van der Waals surface area contributed by atoms with Crippen molar-refractivity contribution in [1.82, 2.24) is 0 Å². The molecule has 1 rings (SSSR count). The zero-order valence-corrected chi connectivity index (χ0v) is 13.6. The van der Waals surface area contributed by atoms with Gasteiger partial charge in [0.25, 0.3) is 0 Å². The Morgan fingerprint density at radius 2 is 1.29 bits per heavy atom. The van der Waals surface area contributed by atoms with E-state index in [0.29, 0.717) is 10.3 Å². The van der Waals surface area contributed by atoms with Gasteiger partial charge < -0.3 is 0 Å². The molecule has 0 heterocycles. The van der Waals surface area contributed by atoms with Crippen LogP contribution in [0.1, 0.15) is 52.7 Å². The third kappa shape index (κ3) is 3.32. The zero-order chi connectivity index (χ0) is 13.4. The summed E-state index contributed by atoms with van der Waals surface area (Å²) in [4.78, 5) is 0. The van der Waals surface area contributed by atoms with Gasteiger partial charge >= 0.3 is 0 Å². The van der Waals surface area contributed by atoms with E-state index in [0.717, 1.165) is 0 Å². The Kier molecular flexibility index (Phi) is 4.09. The maximum atomic E-state index is 2.38. The summed E-state index contributed by atoms with van der Waals surface area (Å²) < 4.78 is 0. The highest BCUT2D eigenvalue weighted by atomic mass is 31.1.